The van der Waals surface area contributed by atoms with Gasteiger partial charge in [-0.15, -0.1) is 0 Å². The van der Waals surface area contributed by atoms with Gasteiger partial charge in [-0.05, 0) is 32.2 Å². The molecule has 4 heteroatoms. The second kappa shape index (κ2) is 3.11. The van der Waals surface area contributed by atoms with Crippen molar-refractivity contribution in [1.29, 1.82) is 0 Å². The minimum absolute atomic E-state index is 0.0182. The van der Waals surface area contributed by atoms with E-state index in [4.69, 9.17) is 10.3 Å². The third kappa shape index (κ3) is 2.41. The Balaban J connectivity index is 2.36. The lowest BCUT2D eigenvalue weighted by atomic mass is 10.1. The minimum atomic E-state index is -0.0182. The van der Waals surface area contributed by atoms with Gasteiger partial charge < -0.3 is 4.74 Å². The van der Waals surface area contributed by atoms with Gasteiger partial charge in [0.25, 0.3) is 0 Å². The molecule has 0 aromatic carbocycles. The number of hydrogen-bond donors (Lipinski definition) is 0. The van der Waals surface area contributed by atoms with Crippen molar-refractivity contribution >= 4 is 0 Å². The maximum atomic E-state index is 8.06. The van der Waals surface area contributed by atoms with E-state index in [0.29, 0.717) is 6.54 Å². The molecular formula is C7H13N3O. The molecule has 1 heterocycles. The lowest BCUT2D eigenvalue weighted by Gasteiger charge is -2.17. The normalized spacial score (nSPS) is 28.0. The molecule has 11 heavy (non-hydrogen) atoms. The average molecular weight is 155 g/mol. The molecule has 1 aliphatic heterocycles. The van der Waals surface area contributed by atoms with Gasteiger partial charge in [0.05, 0.1) is 18.2 Å². The highest BCUT2D eigenvalue weighted by Crippen LogP contribution is 2.29. The summed E-state index contributed by atoms with van der Waals surface area (Å²) < 4.78 is 5.59. The molecule has 1 fully saturated rings. The van der Waals surface area contributed by atoms with Crippen LogP contribution in [0.25, 0.3) is 10.4 Å². The molecule has 0 bridgehead atoms. The van der Waals surface area contributed by atoms with Crippen LogP contribution in [0.2, 0.25) is 0 Å². The Hall–Kier alpha value is -0.730. The largest absolute Gasteiger partial charge is 0.372 e. The highest BCUT2D eigenvalue weighted by Gasteiger charge is 2.30. The lowest BCUT2D eigenvalue weighted by Crippen LogP contribution is -2.21. The minimum Gasteiger partial charge on any atom is -0.372 e. The van der Waals surface area contributed by atoms with Gasteiger partial charge in [0.15, 0.2) is 0 Å². The van der Waals surface area contributed by atoms with Gasteiger partial charge in [0, 0.05) is 4.91 Å². The van der Waals surface area contributed by atoms with Gasteiger partial charge in [-0.1, -0.05) is 5.11 Å². The van der Waals surface area contributed by atoms with Gasteiger partial charge in [0.1, 0.15) is 0 Å². The highest BCUT2D eigenvalue weighted by molar-refractivity contribution is 4.81. The fourth-order valence-corrected chi connectivity index (χ4v) is 1.33. The van der Waals surface area contributed by atoms with Crippen molar-refractivity contribution in [3.05, 3.63) is 10.4 Å². The van der Waals surface area contributed by atoms with Crippen LogP contribution in [0, 0.1) is 0 Å². The molecule has 1 saturated heterocycles. The lowest BCUT2D eigenvalue weighted by molar-refractivity contribution is -0.0107. The van der Waals surface area contributed by atoms with Gasteiger partial charge in [-0.25, -0.2) is 0 Å². The summed E-state index contributed by atoms with van der Waals surface area (Å²) in [6, 6.07) is 0. The van der Waals surface area contributed by atoms with Crippen LogP contribution in [0.15, 0.2) is 5.11 Å². The molecule has 1 rings (SSSR count). The molecule has 1 aliphatic rings. The Kier molecular flexibility index (Phi) is 2.37. The zero-order valence-electron chi connectivity index (χ0n) is 6.95. The predicted octanol–water partition coefficient (Wildman–Crippen LogP) is 2.25. The molecule has 0 aliphatic carbocycles. The molecule has 0 N–H and O–H groups in total. The van der Waals surface area contributed by atoms with Crippen LogP contribution >= 0.6 is 0 Å². The van der Waals surface area contributed by atoms with E-state index in [1.54, 1.807) is 0 Å². The summed E-state index contributed by atoms with van der Waals surface area (Å²) in [6.45, 7) is 4.59. The van der Waals surface area contributed by atoms with Crippen LogP contribution in [-0.2, 0) is 4.74 Å². The smallest absolute Gasteiger partial charge is 0.0639 e. The quantitative estimate of drug-likeness (QED) is 0.342. The van der Waals surface area contributed by atoms with Gasteiger partial charge in [0.2, 0.25) is 0 Å². The summed E-state index contributed by atoms with van der Waals surface area (Å²) in [6.07, 6.45) is 2.20. The summed E-state index contributed by atoms with van der Waals surface area (Å²) in [7, 11) is 0. The van der Waals surface area contributed by atoms with E-state index < -0.39 is 0 Å². The first-order valence-electron chi connectivity index (χ1n) is 3.83. The summed E-state index contributed by atoms with van der Waals surface area (Å²) in [5.74, 6) is 0. The van der Waals surface area contributed by atoms with Crippen molar-refractivity contribution in [3.63, 3.8) is 0 Å². The van der Waals surface area contributed by atoms with Crippen molar-refractivity contribution in [1.82, 2.24) is 0 Å². The molecule has 0 saturated carbocycles. The Labute approximate surface area is 66.2 Å². The van der Waals surface area contributed by atoms with Crippen LogP contribution in [0.5, 0.6) is 0 Å². The van der Waals surface area contributed by atoms with Crippen LogP contribution in [0.3, 0.4) is 0 Å². The summed E-state index contributed by atoms with van der Waals surface area (Å²) in [5.41, 5.74) is 8.04. The molecule has 0 unspecified atom stereocenters. The van der Waals surface area contributed by atoms with Crippen LogP contribution < -0.4 is 0 Å². The number of rotatable bonds is 2. The average Bonchev–Trinajstić information content (AvgIpc) is 2.26. The summed E-state index contributed by atoms with van der Waals surface area (Å²) in [5, 5.41) is 3.47. The monoisotopic (exact) mass is 155 g/mol. The highest BCUT2D eigenvalue weighted by atomic mass is 16.5. The Morgan fingerprint density at radius 1 is 1.73 bits per heavy atom. The second-order valence-electron chi connectivity index (χ2n) is 3.45. The SMILES string of the molecule is CC1(C)CC[C@H](CN=[N+]=[N-])O1. The third-order valence-electron chi connectivity index (χ3n) is 1.90. The first kappa shape index (κ1) is 8.37. The van der Waals surface area contributed by atoms with Gasteiger partial charge in [-0.2, -0.15) is 0 Å². The van der Waals surface area contributed by atoms with Crippen molar-refractivity contribution in [2.75, 3.05) is 6.54 Å². The Morgan fingerprint density at radius 3 is 2.91 bits per heavy atom. The molecule has 4 nitrogen and oxygen atoms in total. The first-order chi connectivity index (χ1) is 5.14. The number of ether oxygens (including phenoxy) is 1. The fourth-order valence-electron chi connectivity index (χ4n) is 1.33. The predicted molar refractivity (Wildman–Crippen MR) is 42.2 cm³/mol. The zero-order valence-corrected chi connectivity index (χ0v) is 6.95. The summed E-state index contributed by atoms with van der Waals surface area (Å²) in [4.78, 5) is 2.69. The fraction of sp³-hybridized carbons (Fsp3) is 1.00. The van der Waals surface area contributed by atoms with Crippen molar-refractivity contribution in [2.24, 2.45) is 5.11 Å². The molecule has 0 aromatic rings. The Morgan fingerprint density at radius 2 is 2.45 bits per heavy atom. The Bertz CT molecular complexity index is 184. The van der Waals surface area contributed by atoms with Crippen LogP contribution in [0.4, 0.5) is 0 Å². The van der Waals surface area contributed by atoms with Crippen molar-refractivity contribution < 1.29 is 4.74 Å². The van der Waals surface area contributed by atoms with E-state index in [0.717, 1.165) is 12.8 Å². The van der Waals surface area contributed by atoms with Gasteiger partial charge in [-0.3, -0.25) is 0 Å². The summed E-state index contributed by atoms with van der Waals surface area (Å²) >= 11 is 0. The molecule has 0 amide bonds. The topological polar surface area (TPSA) is 58.0 Å². The first-order valence-corrected chi connectivity index (χ1v) is 3.83. The molecule has 0 radical (unpaired) electrons. The molecule has 0 spiro atoms. The molecule has 0 aromatic heterocycles. The maximum Gasteiger partial charge on any atom is 0.0639 e. The van der Waals surface area contributed by atoms with Crippen LogP contribution in [-0.4, -0.2) is 18.2 Å². The van der Waals surface area contributed by atoms with E-state index in [1.807, 2.05) is 0 Å². The van der Waals surface area contributed by atoms with Crippen molar-refractivity contribution in [3.8, 4) is 0 Å². The van der Waals surface area contributed by atoms with Crippen molar-refractivity contribution in [2.45, 2.75) is 38.4 Å². The van der Waals surface area contributed by atoms with E-state index in [9.17, 15) is 0 Å². The second-order valence-corrected chi connectivity index (χ2v) is 3.45. The van der Waals surface area contributed by atoms with Gasteiger partial charge >= 0.3 is 0 Å². The van der Waals surface area contributed by atoms with E-state index >= 15 is 0 Å². The zero-order chi connectivity index (χ0) is 8.32. The van der Waals surface area contributed by atoms with E-state index in [-0.39, 0.29) is 11.7 Å². The maximum absolute atomic E-state index is 8.06. The molecule has 1 atom stereocenters. The van der Waals surface area contributed by atoms with Crippen LogP contribution in [0.1, 0.15) is 26.7 Å². The van der Waals surface area contributed by atoms with E-state index in [2.05, 4.69) is 23.9 Å². The third-order valence-corrected chi connectivity index (χ3v) is 1.90. The standard InChI is InChI=1S/C7H13N3O/c1-7(2)4-3-6(11-7)5-9-10-8/h6H,3-5H2,1-2H3/t6-/m1/s1. The molecule has 62 valence electrons. The molecular weight excluding hydrogens is 142 g/mol. The number of hydrogen-bond acceptors (Lipinski definition) is 2. The van der Waals surface area contributed by atoms with E-state index in [1.165, 1.54) is 0 Å². The number of azide groups is 1. The number of nitrogens with zero attached hydrogens (tertiary/aromatic N) is 3.